The summed E-state index contributed by atoms with van der Waals surface area (Å²) in [6, 6.07) is 18.6. The van der Waals surface area contributed by atoms with Crippen LogP contribution in [0, 0.1) is 0 Å². The van der Waals surface area contributed by atoms with Crippen LogP contribution in [0.15, 0.2) is 66.0 Å². The van der Waals surface area contributed by atoms with Gasteiger partial charge in [-0.05, 0) is 59.9 Å². The van der Waals surface area contributed by atoms with Crippen molar-refractivity contribution in [1.82, 2.24) is 15.5 Å². The molecule has 1 saturated heterocycles. The Morgan fingerprint density at radius 2 is 1.88 bits per heavy atom. The van der Waals surface area contributed by atoms with Crippen LogP contribution in [-0.2, 0) is 28.0 Å². The van der Waals surface area contributed by atoms with Gasteiger partial charge in [-0.2, -0.15) is 0 Å². The van der Waals surface area contributed by atoms with Gasteiger partial charge in [0.2, 0.25) is 5.91 Å². The molecule has 1 aromatic heterocycles. The maximum Gasteiger partial charge on any atom is 0.325 e. The largest absolute Gasteiger partial charge is 0.343 e. The van der Waals surface area contributed by atoms with Crippen molar-refractivity contribution in [3.63, 3.8) is 0 Å². The molecule has 2 N–H and O–H groups in total. The molecule has 5 rings (SSSR count). The average molecular weight is 460 g/mol. The number of thiophene rings is 1. The number of amides is 4. The zero-order valence-electron chi connectivity index (χ0n) is 18.3. The van der Waals surface area contributed by atoms with Crippen molar-refractivity contribution in [1.29, 1.82) is 0 Å². The lowest BCUT2D eigenvalue weighted by atomic mass is 9.89. The first-order valence-corrected chi connectivity index (χ1v) is 12.0. The van der Waals surface area contributed by atoms with Crippen molar-refractivity contribution in [2.24, 2.45) is 0 Å². The number of aryl methyl sites for hydroxylation is 2. The molecule has 4 amide bonds. The fourth-order valence-corrected chi connectivity index (χ4v) is 5.49. The van der Waals surface area contributed by atoms with Gasteiger partial charge in [0.15, 0.2) is 0 Å². The molecule has 1 fully saturated rings. The molecule has 0 bridgehead atoms. The summed E-state index contributed by atoms with van der Waals surface area (Å²) in [4.78, 5) is 41.0. The summed E-state index contributed by atoms with van der Waals surface area (Å²) < 4.78 is 0. The zero-order valence-corrected chi connectivity index (χ0v) is 19.2. The molecule has 2 heterocycles. The molecular weight excluding hydrogens is 434 g/mol. The van der Waals surface area contributed by atoms with Gasteiger partial charge >= 0.3 is 6.03 Å². The second-order valence-electron chi connectivity index (χ2n) is 8.71. The van der Waals surface area contributed by atoms with E-state index >= 15 is 0 Å². The summed E-state index contributed by atoms with van der Waals surface area (Å²) in [6.45, 7) is 1.38. The molecule has 2 atom stereocenters. The highest BCUT2D eigenvalue weighted by molar-refractivity contribution is 7.10. The van der Waals surface area contributed by atoms with E-state index < -0.39 is 17.5 Å². The molecule has 0 saturated carbocycles. The van der Waals surface area contributed by atoms with Crippen LogP contribution in [-0.4, -0.2) is 29.3 Å². The Morgan fingerprint density at radius 1 is 1.09 bits per heavy atom. The molecule has 6 nitrogen and oxygen atoms in total. The van der Waals surface area contributed by atoms with E-state index in [-0.39, 0.29) is 18.5 Å². The van der Waals surface area contributed by atoms with Crippen LogP contribution < -0.4 is 10.6 Å². The minimum atomic E-state index is -1.18. The standard InChI is InChI=1S/C26H25N3O3S/c1-26(20-13-12-17-9-5-10-19(17)15-20)24(31)29(25(32)28-26)16-22(30)27-23(21-11-6-14-33-21)18-7-3-2-4-8-18/h2-4,6-8,11-15,23H,5,9-10,16H2,1H3,(H,27,30)(H,28,32)/t23-,26-/m0/s1. The highest BCUT2D eigenvalue weighted by Crippen LogP contribution is 2.33. The molecule has 168 valence electrons. The minimum absolute atomic E-state index is 0.333. The summed E-state index contributed by atoms with van der Waals surface area (Å²) in [7, 11) is 0. The number of carbonyl (C=O) groups is 3. The van der Waals surface area contributed by atoms with Gasteiger partial charge in [-0.1, -0.05) is 54.6 Å². The van der Waals surface area contributed by atoms with Crippen molar-refractivity contribution in [2.45, 2.75) is 37.8 Å². The smallest absolute Gasteiger partial charge is 0.325 e. The third-order valence-electron chi connectivity index (χ3n) is 6.52. The molecule has 2 aromatic carbocycles. The number of hydrogen-bond donors (Lipinski definition) is 2. The summed E-state index contributed by atoms with van der Waals surface area (Å²) in [5.74, 6) is -0.799. The Kier molecular flexibility index (Phi) is 5.50. The summed E-state index contributed by atoms with van der Waals surface area (Å²) in [6.07, 6.45) is 3.14. The molecule has 1 aliphatic heterocycles. The van der Waals surface area contributed by atoms with Crippen molar-refractivity contribution >= 4 is 29.2 Å². The molecule has 2 aliphatic rings. The van der Waals surface area contributed by atoms with Crippen LogP contribution in [0.4, 0.5) is 4.79 Å². The van der Waals surface area contributed by atoms with Crippen LogP contribution in [0.25, 0.3) is 0 Å². The third-order valence-corrected chi connectivity index (χ3v) is 7.46. The van der Waals surface area contributed by atoms with Crippen molar-refractivity contribution in [3.05, 3.63) is 93.2 Å². The van der Waals surface area contributed by atoms with E-state index in [2.05, 4.69) is 10.6 Å². The Hall–Kier alpha value is -3.45. The molecular formula is C26H25N3O3S. The first kappa shape index (κ1) is 21.4. The SMILES string of the molecule is C[C@@]1(c2ccc3c(c2)CCC3)NC(=O)N(CC(=O)N[C@@H](c2ccccc2)c2cccs2)C1=O. The number of urea groups is 1. The maximum absolute atomic E-state index is 13.3. The lowest BCUT2D eigenvalue weighted by Crippen LogP contribution is -2.44. The van der Waals surface area contributed by atoms with Gasteiger partial charge in [0.25, 0.3) is 5.91 Å². The number of rotatable bonds is 6. The van der Waals surface area contributed by atoms with Crippen LogP contribution >= 0.6 is 11.3 Å². The van der Waals surface area contributed by atoms with Gasteiger partial charge in [0.1, 0.15) is 12.1 Å². The fourth-order valence-electron chi connectivity index (χ4n) is 4.69. The highest BCUT2D eigenvalue weighted by Gasteiger charge is 2.49. The monoisotopic (exact) mass is 459 g/mol. The van der Waals surface area contributed by atoms with Crippen LogP contribution in [0.2, 0.25) is 0 Å². The fraction of sp³-hybridized carbons (Fsp3) is 0.269. The lowest BCUT2D eigenvalue weighted by Gasteiger charge is -2.23. The minimum Gasteiger partial charge on any atom is -0.343 e. The molecule has 0 radical (unpaired) electrons. The van der Waals surface area contributed by atoms with Crippen LogP contribution in [0.3, 0.4) is 0 Å². The first-order chi connectivity index (χ1) is 16.0. The Morgan fingerprint density at radius 3 is 2.64 bits per heavy atom. The third kappa shape index (κ3) is 3.93. The Labute approximate surface area is 196 Å². The van der Waals surface area contributed by atoms with Gasteiger partial charge in [-0.15, -0.1) is 11.3 Å². The summed E-state index contributed by atoms with van der Waals surface area (Å²) >= 11 is 1.54. The number of imide groups is 1. The first-order valence-electron chi connectivity index (χ1n) is 11.1. The van der Waals surface area contributed by atoms with E-state index in [0.717, 1.165) is 40.2 Å². The number of carbonyl (C=O) groups excluding carboxylic acids is 3. The number of nitrogens with one attached hydrogen (secondary N) is 2. The predicted molar refractivity (Wildman–Crippen MR) is 127 cm³/mol. The molecule has 7 heteroatoms. The Bertz CT molecular complexity index is 1210. The lowest BCUT2D eigenvalue weighted by molar-refractivity contribution is -0.135. The quantitative estimate of drug-likeness (QED) is 0.549. The Balaban J connectivity index is 1.34. The van der Waals surface area contributed by atoms with Gasteiger partial charge < -0.3 is 10.6 Å². The van der Waals surface area contributed by atoms with Gasteiger partial charge in [-0.3, -0.25) is 14.5 Å². The maximum atomic E-state index is 13.3. The van der Waals surface area contributed by atoms with Gasteiger partial charge in [0.05, 0.1) is 6.04 Å². The average Bonchev–Trinajstić information content (AvgIpc) is 3.56. The van der Waals surface area contributed by atoms with Crippen molar-refractivity contribution in [2.75, 3.05) is 6.54 Å². The van der Waals surface area contributed by atoms with Gasteiger partial charge in [-0.25, -0.2) is 4.79 Å². The van der Waals surface area contributed by atoms with E-state index in [1.165, 1.54) is 11.1 Å². The highest BCUT2D eigenvalue weighted by atomic mass is 32.1. The van der Waals surface area contributed by atoms with E-state index in [9.17, 15) is 14.4 Å². The topological polar surface area (TPSA) is 78.5 Å². The van der Waals surface area contributed by atoms with Crippen LogP contribution in [0.5, 0.6) is 0 Å². The summed E-state index contributed by atoms with van der Waals surface area (Å²) in [5.41, 5.74) is 3.05. The normalized spacial score (nSPS) is 20.5. The zero-order chi connectivity index (χ0) is 23.0. The van der Waals surface area contributed by atoms with Crippen molar-refractivity contribution < 1.29 is 14.4 Å². The molecule has 0 spiro atoms. The van der Waals surface area contributed by atoms with E-state index in [1.54, 1.807) is 18.3 Å². The molecule has 3 aromatic rings. The van der Waals surface area contributed by atoms with Crippen molar-refractivity contribution in [3.8, 4) is 0 Å². The molecule has 33 heavy (non-hydrogen) atoms. The number of nitrogens with zero attached hydrogens (tertiary/aromatic N) is 1. The summed E-state index contributed by atoms with van der Waals surface area (Å²) in [5, 5.41) is 7.77. The molecule has 1 aliphatic carbocycles. The number of fused-ring (bicyclic) bond motifs is 1. The van der Waals surface area contributed by atoms with E-state index in [4.69, 9.17) is 0 Å². The van der Waals surface area contributed by atoms with Gasteiger partial charge in [0, 0.05) is 4.88 Å². The second-order valence-corrected chi connectivity index (χ2v) is 9.69. The molecule has 0 unspecified atom stereocenters. The van der Waals surface area contributed by atoms with Crippen LogP contribution in [0.1, 0.15) is 46.5 Å². The second kappa shape index (κ2) is 8.48. The predicted octanol–water partition coefficient (Wildman–Crippen LogP) is 3.91. The number of benzene rings is 2. The van der Waals surface area contributed by atoms with E-state index in [1.807, 2.05) is 66.0 Å². The van der Waals surface area contributed by atoms with E-state index in [0.29, 0.717) is 0 Å². The number of hydrogen-bond acceptors (Lipinski definition) is 4.